The van der Waals surface area contributed by atoms with Crippen LogP contribution in [0.15, 0.2) is 36.9 Å². The maximum Gasteiger partial charge on any atom is 0.251 e. The number of anilines is 1. The van der Waals surface area contributed by atoms with Crippen LogP contribution in [0.25, 0.3) is 11.2 Å². The van der Waals surface area contributed by atoms with E-state index in [1.54, 1.807) is 12.4 Å². The second-order valence-electron chi connectivity index (χ2n) is 6.04. The number of amides is 1. The molecule has 1 aromatic carbocycles. The van der Waals surface area contributed by atoms with Gasteiger partial charge in [-0.05, 0) is 31.0 Å². The van der Waals surface area contributed by atoms with E-state index in [1.165, 1.54) is 24.5 Å². The molecule has 8 heteroatoms. The summed E-state index contributed by atoms with van der Waals surface area (Å²) in [5.74, 6) is 0.183. The number of piperidine rings is 1. The normalized spacial score (nSPS) is 15.5. The number of carbonyl (C=O) groups excluding carboxylic acids is 1. The van der Waals surface area contributed by atoms with Gasteiger partial charge in [0.1, 0.15) is 17.7 Å². The maximum atomic E-state index is 13.2. The molecule has 0 spiro atoms. The van der Waals surface area contributed by atoms with Gasteiger partial charge in [0.15, 0.2) is 11.5 Å². The average molecular weight is 340 g/mol. The minimum atomic E-state index is -0.408. The summed E-state index contributed by atoms with van der Waals surface area (Å²) >= 11 is 0. The summed E-state index contributed by atoms with van der Waals surface area (Å²) in [6.07, 6.45) is 4.70. The Labute approximate surface area is 143 Å². The van der Waals surface area contributed by atoms with E-state index in [0.29, 0.717) is 11.2 Å². The highest BCUT2D eigenvalue weighted by Gasteiger charge is 2.23. The molecule has 0 atom stereocenters. The third kappa shape index (κ3) is 3.15. The van der Waals surface area contributed by atoms with Crippen LogP contribution in [0.4, 0.5) is 10.2 Å². The number of nitrogens with one attached hydrogen (secondary N) is 2. The number of H-pyrrole nitrogens is 1. The lowest BCUT2D eigenvalue weighted by Gasteiger charge is -2.33. The van der Waals surface area contributed by atoms with Gasteiger partial charge in [0, 0.05) is 24.7 Å². The molecule has 4 rings (SSSR count). The Morgan fingerprint density at radius 2 is 2.08 bits per heavy atom. The lowest BCUT2D eigenvalue weighted by atomic mass is 10.0. The molecule has 1 aliphatic rings. The van der Waals surface area contributed by atoms with Crippen LogP contribution < -0.4 is 10.2 Å². The first-order valence-corrected chi connectivity index (χ1v) is 8.16. The number of carbonyl (C=O) groups is 1. The van der Waals surface area contributed by atoms with E-state index in [1.807, 2.05) is 0 Å². The lowest BCUT2D eigenvalue weighted by Crippen LogP contribution is -2.45. The number of benzene rings is 1. The molecule has 0 aliphatic carbocycles. The highest BCUT2D eigenvalue weighted by molar-refractivity contribution is 5.94. The van der Waals surface area contributed by atoms with Gasteiger partial charge in [-0.1, -0.05) is 6.07 Å². The predicted molar refractivity (Wildman–Crippen MR) is 90.8 cm³/mol. The van der Waals surface area contributed by atoms with E-state index in [-0.39, 0.29) is 11.9 Å². The van der Waals surface area contributed by atoms with Crippen LogP contribution in [-0.4, -0.2) is 45.0 Å². The van der Waals surface area contributed by atoms with Gasteiger partial charge < -0.3 is 15.2 Å². The first-order valence-electron chi connectivity index (χ1n) is 8.16. The van der Waals surface area contributed by atoms with Crippen LogP contribution in [-0.2, 0) is 0 Å². The lowest BCUT2D eigenvalue weighted by molar-refractivity contribution is 0.0930. The van der Waals surface area contributed by atoms with Crippen LogP contribution in [0.5, 0.6) is 0 Å². The zero-order valence-electron chi connectivity index (χ0n) is 13.4. The van der Waals surface area contributed by atoms with Crippen LogP contribution in [0, 0.1) is 5.82 Å². The minimum Gasteiger partial charge on any atom is -0.355 e. The monoisotopic (exact) mass is 340 g/mol. The molecule has 128 valence electrons. The first kappa shape index (κ1) is 15.5. The number of hydrogen-bond donors (Lipinski definition) is 2. The quantitative estimate of drug-likeness (QED) is 0.760. The highest BCUT2D eigenvalue weighted by atomic mass is 19.1. The highest BCUT2D eigenvalue weighted by Crippen LogP contribution is 2.23. The number of aromatic amines is 1. The molecule has 7 nitrogen and oxygen atoms in total. The Balaban J connectivity index is 1.40. The van der Waals surface area contributed by atoms with Crippen molar-refractivity contribution in [1.82, 2.24) is 25.3 Å². The van der Waals surface area contributed by atoms with Gasteiger partial charge in [-0.2, -0.15) is 0 Å². The summed E-state index contributed by atoms with van der Waals surface area (Å²) in [5.41, 5.74) is 1.81. The van der Waals surface area contributed by atoms with Crippen molar-refractivity contribution >= 4 is 22.9 Å². The zero-order chi connectivity index (χ0) is 17.2. The molecule has 0 radical (unpaired) electrons. The molecule has 0 saturated carbocycles. The van der Waals surface area contributed by atoms with Crippen molar-refractivity contribution in [1.29, 1.82) is 0 Å². The summed E-state index contributed by atoms with van der Waals surface area (Å²) < 4.78 is 13.2. The van der Waals surface area contributed by atoms with Crippen molar-refractivity contribution in [3.8, 4) is 0 Å². The van der Waals surface area contributed by atoms with Crippen molar-refractivity contribution < 1.29 is 9.18 Å². The third-order valence-corrected chi connectivity index (χ3v) is 4.42. The Kier molecular flexibility index (Phi) is 4.01. The number of aromatic nitrogens is 4. The Morgan fingerprint density at radius 1 is 1.24 bits per heavy atom. The Hall–Kier alpha value is -3.03. The van der Waals surface area contributed by atoms with Gasteiger partial charge >= 0.3 is 0 Å². The van der Waals surface area contributed by atoms with Crippen LogP contribution in [0.3, 0.4) is 0 Å². The van der Waals surface area contributed by atoms with E-state index in [9.17, 15) is 9.18 Å². The maximum absolute atomic E-state index is 13.2. The second kappa shape index (κ2) is 6.46. The molecule has 1 amide bonds. The minimum absolute atomic E-state index is 0.0612. The number of halogens is 1. The van der Waals surface area contributed by atoms with Gasteiger partial charge in [0.25, 0.3) is 5.91 Å². The average Bonchev–Trinajstić information content (AvgIpc) is 3.11. The number of fused-ring (bicyclic) bond motifs is 1. The van der Waals surface area contributed by atoms with Crippen molar-refractivity contribution in [2.75, 3.05) is 18.0 Å². The molecule has 3 heterocycles. The Bertz CT molecular complexity index is 903. The van der Waals surface area contributed by atoms with Crippen LogP contribution in [0.1, 0.15) is 23.2 Å². The fraction of sp³-hybridized carbons (Fsp3) is 0.294. The number of hydrogen-bond acceptors (Lipinski definition) is 5. The van der Waals surface area contributed by atoms with Crippen molar-refractivity contribution in [2.45, 2.75) is 18.9 Å². The topological polar surface area (TPSA) is 86.8 Å². The molecule has 0 bridgehead atoms. The van der Waals surface area contributed by atoms with Crippen molar-refractivity contribution in [3.63, 3.8) is 0 Å². The van der Waals surface area contributed by atoms with Crippen molar-refractivity contribution in [2.24, 2.45) is 0 Å². The molecule has 1 fully saturated rings. The molecule has 2 aromatic heterocycles. The summed E-state index contributed by atoms with van der Waals surface area (Å²) in [6.45, 7) is 1.53. The zero-order valence-corrected chi connectivity index (χ0v) is 13.4. The predicted octanol–water partition coefficient (Wildman–Crippen LogP) is 1.89. The Morgan fingerprint density at radius 3 is 2.88 bits per heavy atom. The van der Waals surface area contributed by atoms with E-state index >= 15 is 0 Å². The molecule has 1 aliphatic heterocycles. The molecule has 3 aromatic rings. The smallest absolute Gasteiger partial charge is 0.251 e. The standard InChI is InChI=1S/C17H17FN6O/c18-12-3-1-2-11(8-12)17(25)23-13-4-6-24(7-5-13)16-14-15(20-9-19-14)21-10-22-16/h1-3,8-10,13H,4-7H2,(H,23,25)(H,19,20,21,22). The number of rotatable bonds is 3. The SMILES string of the molecule is O=C(NC1CCN(c2ncnc3nc[nH]c23)CC1)c1cccc(F)c1. The summed E-state index contributed by atoms with van der Waals surface area (Å²) in [7, 11) is 0. The van der Waals surface area contributed by atoms with E-state index in [4.69, 9.17) is 0 Å². The fourth-order valence-electron chi connectivity index (χ4n) is 3.13. The largest absolute Gasteiger partial charge is 0.355 e. The van der Waals surface area contributed by atoms with Gasteiger partial charge in [0.05, 0.1) is 6.33 Å². The molecule has 1 saturated heterocycles. The van der Waals surface area contributed by atoms with Gasteiger partial charge in [-0.25, -0.2) is 19.3 Å². The third-order valence-electron chi connectivity index (χ3n) is 4.42. The second-order valence-corrected chi connectivity index (χ2v) is 6.04. The molecular weight excluding hydrogens is 323 g/mol. The molecular formula is C17H17FN6O. The van der Waals surface area contributed by atoms with E-state index < -0.39 is 5.82 Å². The molecule has 0 unspecified atom stereocenters. The van der Waals surface area contributed by atoms with Crippen LogP contribution >= 0.6 is 0 Å². The number of imidazole rings is 1. The fourth-order valence-corrected chi connectivity index (χ4v) is 3.13. The summed E-state index contributed by atoms with van der Waals surface area (Å²) in [6, 6.07) is 5.79. The van der Waals surface area contributed by atoms with E-state index in [2.05, 4.69) is 30.2 Å². The first-order chi connectivity index (χ1) is 12.2. The van der Waals surface area contributed by atoms with Gasteiger partial charge in [-0.3, -0.25) is 4.79 Å². The van der Waals surface area contributed by atoms with Crippen LogP contribution in [0.2, 0.25) is 0 Å². The molecule has 25 heavy (non-hydrogen) atoms. The van der Waals surface area contributed by atoms with Gasteiger partial charge in [-0.15, -0.1) is 0 Å². The number of nitrogens with zero attached hydrogens (tertiary/aromatic N) is 4. The summed E-state index contributed by atoms with van der Waals surface area (Å²) in [5, 5.41) is 2.98. The summed E-state index contributed by atoms with van der Waals surface area (Å²) in [4.78, 5) is 30.1. The van der Waals surface area contributed by atoms with Crippen molar-refractivity contribution in [3.05, 3.63) is 48.3 Å². The van der Waals surface area contributed by atoms with E-state index in [0.717, 1.165) is 37.3 Å². The molecule has 2 N–H and O–H groups in total. The van der Waals surface area contributed by atoms with Gasteiger partial charge in [0.2, 0.25) is 0 Å².